The van der Waals surface area contributed by atoms with Gasteiger partial charge < -0.3 is 9.64 Å². The Kier molecular flexibility index (Phi) is 4.57. The maximum absolute atomic E-state index is 12.8. The molecule has 0 saturated carbocycles. The number of hydrogen-bond acceptors (Lipinski definition) is 5. The third kappa shape index (κ3) is 3.28. The Bertz CT molecular complexity index is 732. The van der Waals surface area contributed by atoms with Crippen LogP contribution in [-0.4, -0.2) is 63.0 Å². The van der Waals surface area contributed by atoms with Gasteiger partial charge in [-0.05, 0) is 18.1 Å². The van der Waals surface area contributed by atoms with Crippen LogP contribution in [0.1, 0.15) is 13.8 Å². The fourth-order valence-corrected chi connectivity index (χ4v) is 5.70. The molecule has 0 aromatic heterocycles. The van der Waals surface area contributed by atoms with Gasteiger partial charge in [-0.1, -0.05) is 19.9 Å². The molecule has 1 aromatic rings. The molecule has 3 rings (SSSR count). The van der Waals surface area contributed by atoms with Gasteiger partial charge in [-0.15, -0.1) is 0 Å². The first kappa shape index (κ1) is 17.2. The van der Waals surface area contributed by atoms with Crippen LogP contribution in [0.25, 0.3) is 0 Å². The van der Waals surface area contributed by atoms with E-state index in [1.165, 1.54) is 0 Å². The molecule has 0 aliphatic carbocycles. The number of carbonyl (C=O) groups excluding carboxylic acids is 1. The molecule has 6 nitrogen and oxygen atoms in total. The van der Waals surface area contributed by atoms with E-state index < -0.39 is 9.84 Å². The highest BCUT2D eigenvalue weighted by Gasteiger charge is 2.49. The van der Waals surface area contributed by atoms with Crippen LogP contribution in [0.4, 0.5) is 5.69 Å². The summed E-state index contributed by atoms with van der Waals surface area (Å²) in [4.78, 5) is 16.5. The first-order valence-corrected chi connectivity index (χ1v) is 10.0. The average molecular weight is 352 g/mol. The van der Waals surface area contributed by atoms with Gasteiger partial charge in [0.15, 0.2) is 9.84 Å². The monoisotopic (exact) mass is 352 g/mol. The van der Waals surface area contributed by atoms with Gasteiger partial charge in [-0.25, -0.2) is 8.42 Å². The molecule has 1 amide bonds. The quantitative estimate of drug-likeness (QED) is 0.814. The molecule has 2 atom stereocenters. The van der Waals surface area contributed by atoms with Crippen molar-refractivity contribution < 1.29 is 17.9 Å². The first-order chi connectivity index (χ1) is 11.3. The van der Waals surface area contributed by atoms with Gasteiger partial charge in [0.1, 0.15) is 5.75 Å². The van der Waals surface area contributed by atoms with Crippen molar-refractivity contribution in [3.63, 3.8) is 0 Å². The van der Waals surface area contributed by atoms with E-state index in [0.717, 1.165) is 6.54 Å². The number of piperazine rings is 1. The van der Waals surface area contributed by atoms with Gasteiger partial charge in [0.05, 0.1) is 31.2 Å². The summed E-state index contributed by atoms with van der Waals surface area (Å²) in [6, 6.07) is 6.79. The Morgan fingerprint density at radius 2 is 1.96 bits per heavy atom. The average Bonchev–Trinajstić information content (AvgIpc) is 2.82. The summed E-state index contributed by atoms with van der Waals surface area (Å²) >= 11 is 0. The summed E-state index contributed by atoms with van der Waals surface area (Å²) in [5, 5.41) is 0. The molecule has 0 N–H and O–H groups in total. The Morgan fingerprint density at radius 1 is 1.25 bits per heavy atom. The number of nitrogens with zero attached hydrogens (tertiary/aromatic N) is 2. The molecule has 132 valence electrons. The lowest BCUT2D eigenvalue weighted by molar-refractivity contribution is -0.123. The van der Waals surface area contributed by atoms with Crippen molar-refractivity contribution in [2.45, 2.75) is 25.9 Å². The van der Waals surface area contributed by atoms with E-state index in [4.69, 9.17) is 4.74 Å². The van der Waals surface area contributed by atoms with Crippen molar-refractivity contribution >= 4 is 21.4 Å². The van der Waals surface area contributed by atoms with Crippen molar-refractivity contribution in [1.29, 1.82) is 0 Å². The van der Waals surface area contributed by atoms with Gasteiger partial charge in [0.2, 0.25) is 5.91 Å². The minimum atomic E-state index is -3.14. The number of methoxy groups -OCH3 is 1. The van der Waals surface area contributed by atoms with Crippen LogP contribution in [0.5, 0.6) is 5.75 Å². The number of rotatable bonds is 4. The molecular formula is C17H24N2O4S. The molecule has 0 bridgehead atoms. The topological polar surface area (TPSA) is 66.9 Å². The summed E-state index contributed by atoms with van der Waals surface area (Å²) in [7, 11) is -1.57. The molecule has 7 heteroatoms. The summed E-state index contributed by atoms with van der Waals surface area (Å²) in [6.07, 6.45) is 0. The van der Waals surface area contributed by atoms with Crippen LogP contribution in [0.2, 0.25) is 0 Å². The summed E-state index contributed by atoms with van der Waals surface area (Å²) < 4.78 is 29.7. The van der Waals surface area contributed by atoms with E-state index in [1.54, 1.807) is 18.1 Å². The van der Waals surface area contributed by atoms with E-state index in [1.807, 2.05) is 23.1 Å². The lowest BCUT2D eigenvalue weighted by Gasteiger charge is -2.44. The van der Waals surface area contributed by atoms with E-state index in [9.17, 15) is 13.2 Å². The zero-order valence-electron chi connectivity index (χ0n) is 14.3. The van der Waals surface area contributed by atoms with Crippen molar-refractivity contribution in [1.82, 2.24) is 4.90 Å². The SMILES string of the molecule is COc1cccc(N2C(=O)CN(CC(C)C)[C@@H]3CS(=O)(=O)C[C@H]32)c1. The predicted molar refractivity (Wildman–Crippen MR) is 93.1 cm³/mol. The van der Waals surface area contributed by atoms with E-state index in [2.05, 4.69) is 13.8 Å². The number of hydrogen-bond donors (Lipinski definition) is 0. The molecular weight excluding hydrogens is 328 g/mol. The molecule has 2 aliphatic rings. The standard InChI is InChI=1S/C17H24N2O4S/c1-12(2)8-18-9-17(20)19(13-5-4-6-14(7-13)23-3)16-11-24(21,22)10-15(16)18/h4-7,12,15-16H,8-11H2,1-3H3/t15-,16-/m1/s1. The molecule has 1 aromatic carbocycles. The lowest BCUT2D eigenvalue weighted by atomic mass is 10.0. The highest BCUT2D eigenvalue weighted by atomic mass is 32.2. The maximum Gasteiger partial charge on any atom is 0.241 e. The zero-order chi connectivity index (χ0) is 17.5. The van der Waals surface area contributed by atoms with Crippen molar-refractivity contribution in [2.75, 3.05) is 36.6 Å². The Morgan fingerprint density at radius 3 is 2.62 bits per heavy atom. The zero-order valence-corrected chi connectivity index (χ0v) is 15.1. The van der Waals surface area contributed by atoms with Gasteiger partial charge in [-0.2, -0.15) is 0 Å². The third-order valence-corrected chi connectivity index (χ3v) is 6.33. The lowest BCUT2D eigenvalue weighted by Crippen LogP contribution is -2.62. The molecule has 0 unspecified atom stereocenters. The van der Waals surface area contributed by atoms with Crippen LogP contribution in [0.3, 0.4) is 0 Å². The highest BCUT2D eigenvalue weighted by molar-refractivity contribution is 7.91. The summed E-state index contributed by atoms with van der Waals surface area (Å²) in [5.41, 5.74) is 0.704. The number of benzene rings is 1. The molecule has 0 radical (unpaired) electrons. The third-order valence-electron chi connectivity index (χ3n) is 4.63. The van der Waals surface area contributed by atoms with Crippen molar-refractivity contribution in [2.24, 2.45) is 5.92 Å². The summed E-state index contributed by atoms with van der Waals surface area (Å²) in [6.45, 7) is 5.15. The van der Waals surface area contributed by atoms with Crippen LogP contribution >= 0.6 is 0 Å². The van der Waals surface area contributed by atoms with E-state index in [0.29, 0.717) is 17.4 Å². The highest BCUT2D eigenvalue weighted by Crippen LogP contribution is 2.33. The predicted octanol–water partition coefficient (Wildman–Crippen LogP) is 1.17. The number of amides is 1. The Hall–Kier alpha value is -1.60. The number of carbonyl (C=O) groups is 1. The molecule has 2 aliphatic heterocycles. The van der Waals surface area contributed by atoms with E-state index in [-0.39, 0.29) is 36.0 Å². The maximum atomic E-state index is 12.8. The minimum absolute atomic E-state index is 0.0230. The molecule has 2 fully saturated rings. The minimum Gasteiger partial charge on any atom is -0.497 e. The van der Waals surface area contributed by atoms with Gasteiger partial charge in [0.25, 0.3) is 0 Å². The van der Waals surface area contributed by atoms with Crippen molar-refractivity contribution in [3.8, 4) is 5.75 Å². The van der Waals surface area contributed by atoms with E-state index >= 15 is 0 Å². The smallest absolute Gasteiger partial charge is 0.241 e. The molecule has 2 heterocycles. The number of sulfone groups is 1. The van der Waals surface area contributed by atoms with Crippen LogP contribution in [0, 0.1) is 5.92 Å². The molecule has 2 saturated heterocycles. The Labute approximate surface area is 143 Å². The normalized spacial score (nSPS) is 26.7. The second kappa shape index (κ2) is 6.37. The van der Waals surface area contributed by atoms with Gasteiger partial charge in [0, 0.05) is 24.3 Å². The van der Waals surface area contributed by atoms with Gasteiger partial charge >= 0.3 is 0 Å². The largest absolute Gasteiger partial charge is 0.497 e. The molecule has 0 spiro atoms. The molecule has 24 heavy (non-hydrogen) atoms. The Balaban J connectivity index is 1.97. The first-order valence-electron chi connectivity index (χ1n) is 8.21. The van der Waals surface area contributed by atoms with Crippen molar-refractivity contribution in [3.05, 3.63) is 24.3 Å². The fraction of sp³-hybridized carbons (Fsp3) is 0.588. The number of anilines is 1. The number of ether oxygens (including phenoxy) is 1. The number of fused-ring (bicyclic) bond motifs is 1. The van der Waals surface area contributed by atoms with Crippen LogP contribution in [0.15, 0.2) is 24.3 Å². The second-order valence-electron chi connectivity index (χ2n) is 7.00. The van der Waals surface area contributed by atoms with Crippen LogP contribution in [-0.2, 0) is 14.6 Å². The fourth-order valence-electron chi connectivity index (χ4n) is 3.72. The summed E-state index contributed by atoms with van der Waals surface area (Å²) in [5.74, 6) is 1.13. The second-order valence-corrected chi connectivity index (χ2v) is 9.15. The van der Waals surface area contributed by atoms with Gasteiger partial charge in [-0.3, -0.25) is 9.69 Å². The van der Waals surface area contributed by atoms with Crippen LogP contribution < -0.4 is 9.64 Å².